The normalized spacial score (nSPS) is 13.9. The molecule has 1 aliphatic rings. The number of benzene rings is 2. The molecule has 9 heteroatoms. The number of nitrogens with zero attached hydrogens (tertiary/aromatic N) is 2. The van der Waals surface area contributed by atoms with Gasteiger partial charge in [-0.3, -0.25) is 9.79 Å². The van der Waals surface area contributed by atoms with Crippen LogP contribution in [0.2, 0.25) is 0 Å². The molecule has 0 bridgehead atoms. The molecule has 3 rings (SSSR count). The number of carbonyl (C=O) groups excluding carboxylic acids is 1. The molecule has 31 heavy (non-hydrogen) atoms. The Kier molecular flexibility index (Phi) is 9.96. The number of ether oxygens (including phenoxy) is 1. The van der Waals surface area contributed by atoms with E-state index in [0.717, 1.165) is 24.1 Å². The van der Waals surface area contributed by atoms with E-state index >= 15 is 0 Å². The largest absolute Gasteiger partial charge is 0.434 e. The molecule has 2 N–H and O–H groups in total. The van der Waals surface area contributed by atoms with Gasteiger partial charge in [0.25, 0.3) is 0 Å². The minimum Gasteiger partial charge on any atom is -0.434 e. The van der Waals surface area contributed by atoms with Crippen molar-refractivity contribution in [3.63, 3.8) is 0 Å². The Balaban J connectivity index is 0.00000341. The number of para-hydroxylation sites is 1. The summed E-state index contributed by atoms with van der Waals surface area (Å²) in [5.74, 6) is 0.866. The van der Waals surface area contributed by atoms with Gasteiger partial charge >= 0.3 is 6.61 Å². The Hall–Kier alpha value is -2.43. The predicted octanol–water partition coefficient (Wildman–Crippen LogP) is 3.89. The number of hydrogen-bond donors (Lipinski definition) is 2. The summed E-state index contributed by atoms with van der Waals surface area (Å²) >= 11 is 0. The second-order valence-electron chi connectivity index (χ2n) is 6.95. The van der Waals surface area contributed by atoms with E-state index in [2.05, 4.69) is 20.4 Å². The summed E-state index contributed by atoms with van der Waals surface area (Å²) in [7, 11) is 1.64. The molecule has 0 aliphatic carbocycles. The Labute approximate surface area is 198 Å². The van der Waals surface area contributed by atoms with Crippen molar-refractivity contribution in [2.75, 3.05) is 13.6 Å². The Morgan fingerprint density at radius 1 is 1.06 bits per heavy atom. The van der Waals surface area contributed by atoms with Crippen molar-refractivity contribution in [3.8, 4) is 5.75 Å². The Morgan fingerprint density at radius 3 is 2.29 bits per heavy atom. The van der Waals surface area contributed by atoms with Crippen LogP contribution in [0.5, 0.6) is 5.75 Å². The van der Waals surface area contributed by atoms with Crippen molar-refractivity contribution in [2.45, 2.75) is 39.1 Å². The molecule has 1 aliphatic heterocycles. The van der Waals surface area contributed by atoms with Crippen molar-refractivity contribution in [3.05, 3.63) is 65.2 Å². The first-order valence-electron chi connectivity index (χ1n) is 9.88. The van der Waals surface area contributed by atoms with E-state index in [1.54, 1.807) is 25.2 Å². The molecular weight excluding hydrogens is 517 g/mol. The van der Waals surface area contributed by atoms with E-state index in [9.17, 15) is 13.6 Å². The smallest absolute Gasteiger partial charge is 0.387 e. The molecule has 0 unspecified atom stereocenters. The topological polar surface area (TPSA) is 66.0 Å². The molecule has 2 aromatic carbocycles. The molecule has 2 aromatic rings. The van der Waals surface area contributed by atoms with Crippen molar-refractivity contribution in [2.24, 2.45) is 4.99 Å². The van der Waals surface area contributed by atoms with E-state index < -0.39 is 6.61 Å². The Morgan fingerprint density at radius 2 is 1.68 bits per heavy atom. The minimum atomic E-state index is -2.87. The summed E-state index contributed by atoms with van der Waals surface area (Å²) in [6, 6.07) is 14.6. The minimum absolute atomic E-state index is 0. The number of halogens is 3. The first-order chi connectivity index (χ1) is 14.6. The van der Waals surface area contributed by atoms with E-state index in [1.807, 2.05) is 29.2 Å². The summed E-state index contributed by atoms with van der Waals surface area (Å²) < 4.78 is 29.7. The lowest BCUT2D eigenvalue weighted by Crippen LogP contribution is -2.36. The monoisotopic (exact) mass is 544 g/mol. The van der Waals surface area contributed by atoms with Gasteiger partial charge in [-0.25, -0.2) is 0 Å². The van der Waals surface area contributed by atoms with Gasteiger partial charge in [-0.2, -0.15) is 8.78 Å². The van der Waals surface area contributed by atoms with Crippen molar-refractivity contribution in [1.82, 2.24) is 15.5 Å². The van der Waals surface area contributed by atoms with Crippen LogP contribution in [-0.4, -0.2) is 37.0 Å². The quantitative estimate of drug-likeness (QED) is 0.301. The fourth-order valence-corrected chi connectivity index (χ4v) is 3.40. The lowest BCUT2D eigenvalue weighted by atomic mass is 10.1. The zero-order valence-corrected chi connectivity index (χ0v) is 19.6. The number of rotatable bonds is 8. The third-order valence-electron chi connectivity index (χ3n) is 4.96. The highest BCUT2D eigenvalue weighted by molar-refractivity contribution is 14.0. The van der Waals surface area contributed by atoms with Gasteiger partial charge in [0.05, 0.1) is 0 Å². The third-order valence-corrected chi connectivity index (χ3v) is 4.96. The van der Waals surface area contributed by atoms with E-state index in [4.69, 9.17) is 0 Å². The molecule has 1 heterocycles. The number of amides is 1. The summed E-state index contributed by atoms with van der Waals surface area (Å²) in [6.45, 7) is -0.674. The highest BCUT2D eigenvalue weighted by Crippen LogP contribution is 2.20. The molecule has 0 saturated carbocycles. The molecule has 0 aromatic heterocycles. The highest BCUT2D eigenvalue weighted by atomic mass is 127. The lowest BCUT2D eigenvalue weighted by molar-refractivity contribution is -0.128. The SMILES string of the molecule is CN=C(NCc1ccccc1CN1CCCC1=O)NCc1ccccc1OC(F)F.I. The van der Waals surface area contributed by atoms with Gasteiger partial charge in [0.1, 0.15) is 5.75 Å². The maximum Gasteiger partial charge on any atom is 0.387 e. The number of carbonyl (C=O) groups is 1. The average Bonchev–Trinajstić information content (AvgIpc) is 3.14. The number of alkyl halides is 2. The van der Waals surface area contributed by atoms with E-state index in [0.29, 0.717) is 31.0 Å². The van der Waals surface area contributed by atoms with Crippen LogP contribution < -0.4 is 15.4 Å². The summed E-state index contributed by atoms with van der Waals surface area (Å²) in [5.41, 5.74) is 2.77. The molecular formula is C22H27F2IN4O2. The second kappa shape index (κ2) is 12.4. The fourth-order valence-electron chi connectivity index (χ4n) is 3.40. The van der Waals surface area contributed by atoms with Gasteiger partial charge < -0.3 is 20.3 Å². The molecule has 0 radical (unpaired) electrons. The maximum absolute atomic E-state index is 12.6. The maximum atomic E-state index is 12.6. The highest BCUT2D eigenvalue weighted by Gasteiger charge is 2.20. The van der Waals surface area contributed by atoms with Crippen LogP contribution in [0.3, 0.4) is 0 Å². The number of guanidine groups is 1. The fraction of sp³-hybridized carbons (Fsp3) is 0.364. The summed E-state index contributed by atoms with van der Waals surface area (Å²) in [5, 5.41) is 6.36. The second-order valence-corrected chi connectivity index (χ2v) is 6.95. The van der Waals surface area contributed by atoms with Crippen molar-refractivity contribution < 1.29 is 18.3 Å². The Bertz CT molecular complexity index is 895. The van der Waals surface area contributed by atoms with Crippen LogP contribution in [0.15, 0.2) is 53.5 Å². The average molecular weight is 544 g/mol. The zero-order valence-electron chi connectivity index (χ0n) is 17.3. The third kappa shape index (κ3) is 7.34. The first kappa shape index (κ1) is 24.8. The number of aliphatic imine (C=N–C) groups is 1. The predicted molar refractivity (Wildman–Crippen MR) is 127 cm³/mol. The van der Waals surface area contributed by atoms with Crippen LogP contribution in [0.4, 0.5) is 8.78 Å². The standard InChI is InChI=1S/C22H26F2N4O2.HI/c1-25-22(27-14-17-8-4-5-10-19(17)30-21(23)24)26-13-16-7-2-3-9-18(16)15-28-12-6-11-20(28)29;/h2-5,7-10,21H,6,11-15H2,1H3,(H2,25,26,27);1H. The summed E-state index contributed by atoms with van der Waals surface area (Å²) in [4.78, 5) is 18.0. The lowest BCUT2D eigenvalue weighted by Gasteiger charge is -2.19. The van der Waals surface area contributed by atoms with Crippen LogP contribution in [0.1, 0.15) is 29.5 Å². The van der Waals surface area contributed by atoms with Crippen LogP contribution in [0, 0.1) is 0 Å². The number of likely N-dealkylation sites (tertiary alicyclic amines) is 1. The summed E-state index contributed by atoms with van der Waals surface area (Å²) in [6.07, 6.45) is 1.53. The zero-order chi connectivity index (χ0) is 21.3. The van der Waals surface area contributed by atoms with Gasteiger partial charge in [0.2, 0.25) is 5.91 Å². The molecule has 0 atom stereocenters. The first-order valence-corrected chi connectivity index (χ1v) is 9.88. The van der Waals surface area contributed by atoms with E-state index in [1.165, 1.54) is 6.07 Å². The molecule has 0 spiro atoms. The van der Waals surface area contributed by atoms with E-state index in [-0.39, 0.29) is 42.2 Å². The van der Waals surface area contributed by atoms with Crippen LogP contribution >= 0.6 is 24.0 Å². The molecule has 1 saturated heterocycles. The van der Waals surface area contributed by atoms with Crippen LogP contribution in [-0.2, 0) is 24.4 Å². The van der Waals surface area contributed by atoms with Gasteiger partial charge in [-0.05, 0) is 23.6 Å². The van der Waals surface area contributed by atoms with Gasteiger partial charge in [0, 0.05) is 45.2 Å². The molecule has 6 nitrogen and oxygen atoms in total. The van der Waals surface area contributed by atoms with Gasteiger partial charge in [0.15, 0.2) is 5.96 Å². The van der Waals surface area contributed by atoms with Gasteiger partial charge in [-0.1, -0.05) is 42.5 Å². The van der Waals surface area contributed by atoms with Crippen LogP contribution in [0.25, 0.3) is 0 Å². The number of hydrogen-bond acceptors (Lipinski definition) is 3. The molecule has 1 amide bonds. The van der Waals surface area contributed by atoms with Gasteiger partial charge in [-0.15, -0.1) is 24.0 Å². The van der Waals surface area contributed by atoms with Crippen molar-refractivity contribution in [1.29, 1.82) is 0 Å². The van der Waals surface area contributed by atoms with Crippen molar-refractivity contribution >= 4 is 35.8 Å². The number of nitrogens with one attached hydrogen (secondary N) is 2. The molecule has 1 fully saturated rings. The molecule has 168 valence electrons.